The number of anilines is 1. The number of rotatable bonds is 5. The number of nitrogens with one attached hydrogen (secondary N) is 2. The van der Waals surface area contributed by atoms with E-state index in [0.29, 0.717) is 11.1 Å². The van der Waals surface area contributed by atoms with Crippen LogP contribution in [-0.2, 0) is 6.42 Å². The number of aliphatic imine (C=N–C) groups is 1. The van der Waals surface area contributed by atoms with Crippen LogP contribution >= 0.6 is 11.6 Å². The van der Waals surface area contributed by atoms with Gasteiger partial charge in [0.1, 0.15) is 5.82 Å². The predicted octanol–water partition coefficient (Wildman–Crippen LogP) is 2.42. The Morgan fingerprint density at radius 1 is 1.38 bits per heavy atom. The fourth-order valence-electron chi connectivity index (χ4n) is 3.17. The van der Waals surface area contributed by atoms with Crippen molar-refractivity contribution in [2.75, 3.05) is 31.6 Å². The molecular weight excluding hydrogens is 348 g/mol. The Hall–Kier alpha value is -2.34. The zero-order chi connectivity index (χ0) is 18.4. The summed E-state index contributed by atoms with van der Waals surface area (Å²) in [5, 5.41) is 7.59. The lowest BCUT2D eigenvalue weighted by molar-refractivity contribution is 0.648. The van der Waals surface area contributed by atoms with Crippen LogP contribution in [0.15, 0.2) is 41.8 Å². The van der Waals surface area contributed by atoms with Crippen molar-refractivity contribution < 1.29 is 0 Å². The number of hydrogen-bond acceptors (Lipinski definition) is 4. The molecule has 2 aromatic heterocycles. The second kappa shape index (κ2) is 8.85. The van der Waals surface area contributed by atoms with Crippen LogP contribution in [0.1, 0.15) is 17.5 Å². The highest BCUT2D eigenvalue weighted by Crippen LogP contribution is 2.25. The highest BCUT2D eigenvalue weighted by Gasteiger charge is 2.25. The van der Waals surface area contributed by atoms with Crippen molar-refractivity contribution in [1.82, 2.24) is 20.6 Å². The van der Waals surface area contributed by atoms with Gasteiger partial charge in [-0.05, 0) is 49.1 Å². The molecule has 0 saturated carbocycles. The van der Waals surface area contributed by atoms with Gasteiger partial charge in [-0.15, -0.1) is 0 Å². The van der Waals surface area contributed by atoms with Crippen molar-refractivity contribution in [3.8, 4) is 0 Å². The van der Waals surface area contributed by atoms with Crippen molar-refractivity contribution in [2.24, 2.45) is 4.99 Å². The van der Waals surface area contributed by atoms with Crippen LogP contribution in [0.2, 0.25) is 5.02 Å². The molecule has 1 unspecified atom stereocenters. The van der Waals surface area contributed by atoms with E-state index in [4.69, 9.17) is 11.6 Å². The van der Waals surface area contributed by atoms with Gasteiger partial charge >= 0.3 is 0 Å². The first-order valence-electron chi connectivity index (χ1n) is 8.89. The Morgan fingerprint density at radius 2 is 2.27 bits per heavy atom. The number of pyridine rings is 2. The van der Waals surface area contributed by atoms with Gasteiger partial charge < -0.3 is 15.5 Å². The summed E-state index contributed by atoms with van der Waals surface area (Å²) >= 11 is 6.26. The maximum Gasteiger partial charge on any atom is 0.191 e. The topological polar surface area (TPSA) is 65.4 Å². The Kier molecular flexibility index (Phi) is 6.28. The molecule has 138 valence electrons. The summed E-state index contributed by atoms with van der Waals surface area (Å²) in [4.78, 5) is 15.1. The van der Waals surface area contributed by atoms with E-state index in [0.717, 1.165) is 44.3 Å². The van der Waals surface area contributed by atoms with Crippen molar-refractivity contribution in [3.63, 3.8) is 0 Å². The molecule has 0 radical (unpaired) electrons. The monoisotopic (exact) mass is 372 g/mol. The van der Waals surface area contributed by atoms with Gasteiger partial charge in [0.25, 0.3) is 0 Å². The van der Waals surface area contributed by atoms with Crippen molar-refractivity contribution in [3.05, 3.63) is 52.9 Å². The van der Waals surface area contributed by atoms with Crippen LogP contribution in [0.3, 0.4) is 0 Å². The largest absolute Gasteiger partial charge is 0.356 e. The smallest absolute Gasteiger partial charge is 0.191 e. The first kappa shape index (κ1) is 18.5. The molecule has 1 aliphatic heterocycles. The fourth-order valence-corrected chi connectivity index (χ4v) is 3.41. The van der Waals surface area contributed by atoms with E-state index in [-0.39, 0.29) is 0 Å². The predicted molar refractivity (Wildman–Crippen MR) is 107 cm³/mol. The summed E-state index contributed by atoms with van der Waals surface area (Å²) in [6.45, 7) is 4.71. The zero-order valence-electron chi connectivity index (χ0n) is 15.2. The number of aryl methyl sites for hydroxylation is 1. The zero-order valence-corrected chi connectivity index (χ0v) is 16.0. The summed E-state index contributed by atoms with van der Waals surface area (Å²) in [7, 11) is 1.80. The van der Waals surface area contributed by atoms with Crippen molar-refractivity contribution in [1.29, 1.82) is 0 Å². The molecule has 2 aromatic rings. The molecule has 1 fully saturated rings. The van der Waals surface area contributed by atoms with Crippen LogP contribution in [0, 0.1) is 6.92 Å². The highest BCUT2D eigenvalue weighted by molar-refractivity contribution is 6.32. The fraction of sp³-hybridized carbons (Fsp3) is 0.421. The Morgan fingerprint density at radius 3 is 3.04 bits per heavy atom. The lowest BCUT2D eigenvalue weighted by atomic mass is 10.1. The summed E-state index contributed by atoms with van der Waals surface area (Å²) < 4.78 is 0. The third-order valence-electron chi connectivity index (χ3n) is 4.61. The first-order valence-corrected chi connectivity index (χ1v) is 9.27. The molecule has 7 heteroatoms. The third kappa shape index (κ3) is 4.64. The molecule has 2 N–H and O–H groups in total. The van der Waals surface area contributed by atoms with E-state index in [2.05, 4.69) is 43.5 Å². The minimum Gasteiger partial charge on any atom is -0.356 e. The molecule has 0 aliphatic carbocycles. The van der Waals surface area contributed by atoms with Gasteiger partial charge in [-0.25, -0.2) is 4.98 Å². The average molecular weight is 373 g/mol. The second-order valence-corrected chi connectivity index (χ2v) is 6.84. The second-order valence-electron chi connectivity index (χ2n) is 6.44. The van der Waals surface area contributed by atoms with E-state index in [9.17, 15) is 0 Å². The third-order valence-corrected chi connectivity index (χ3v) is 4.91. The average Bonchev–Trinajstić information content (AvgIpc) is 3.11. The van der Waals surface area contributed by atoms with Crippen LogP contribution in [0.4, 0.5) is 5.82 Å². The van der Waals surface area contributed by atoms with Gasteiger partial charge in [-0.3, -0.25) is 9.98 Å². The van der Waals surface area contributed by atoms with E-state index < -0.39 is 0 Å². The van der Waals surface area contributed by atoms with Crippen molar-refractivity contribution in [2.45, 2.75) is 25.8 Å². The van der Waals surface area contributed by atoms with E-state index in [1.165, 1.54) is 11.1 Å². The van der Waals surface area contributed by atoms with Crippen LogP contribution in [0.5, 0.6) is 0 Å². The minimum absolute atomic E-state index is 0.321. The number of nitrogens with zero attached hydrogens (tertiary/aromatic N) is 4. The summed E-state index contributed by atoms with van der Waals surface area (Å²) in [5.41, 5.74) is 2.52. The molecule has 0 spiro atoms. The van der Waals surface area contributed by atoms with Gasteiger partial charge in [-0.2, -0.15) is 0 Å². The lowest BCUT2D eigenvalue weighted by Crippen LogP contribution is -2.45. The molecule has 3 heterocycles. The van der Waals surface area contributed by atoms with Crippen LogP contribution in [0.25, 0.3) is 0 Å². The van der Waals surface area contributed by atoms with Crippen LogP contribution < -0.4 is 15.5 Å². The summed E-state index contributed by atoms with van der Waals surface area (Å²) in [5.74, 6) is 1.69. The Balaban J connectivity index is 1.48. The minimum atomic E-state index is 0.321. The molecule has 0 bridgehead atoms. The number of hydrogen-bond donors (Lipinski definition) is 2. The molecule has 1 aliphatic rings. The molecule has 1 saturated heterocycles. The number of aromatic nitrogens is 2. The maximum absolute atomic E-state index is 6.26. The van der Waals surface area contributed by atoms with Gasteiger partial charge in [-0.1, -0.05) is 11.6 Å². The van der Waals surface area contributed by atoms with Crippen molar-refractivity contribution >= 4 is 23.4 Å². The first-order chi connectivity index (χ1) is 12.7. The Bertz CT molecular complexity index is 763. The highest BCUT2D eigenvalue weighted by atomic mass is 35.5. The number of guanidine groups is 1. The molecule has 0 amide bonds. The number of halogens is 1. The quantitative estimate of drug-likeness (QED) is 0.623. The lowest BCUT2D eigenvalue weighted by Gasteiger charge is -2.20. The van der Waals surface area contributed by atoms with Gasteiger partial charge in [0, 0.05) is 51.3 Å². The van der Waals surface area contributed by atoms with E-state index >= 15 is 0 Å². The molecule has 0 aromatic carbocycles. The maximum atomic E-state index is 6.26. The molecule has 1 atom stereocenters. The summed E-state index contributed by atoms with van der Waals surface area (Å²) in [6, 6.07) is 6.13. The molecule has 6 nitrogen and oxygen atoms in total. The standard InChI is InChI=1S/C19H25ClN6/c1-14-12-22-9-5-15(14)6-10-24-19(21-2)25-16-7-11-26(13-16)18-17(20)4-3-8-23-18/h3-5,8-9,12,16H,6-7,10-11,13H2,1-2H3,(H2,21,24,25). The summed E-state index contributed by atoms with van der Waals surface area (Å²) in [6.07, 6.45) is 7.49. The SMILES string of the molecule is CN=C(NCCc1ccncc1C)NC1CCN(c2ncccc2Cl)C1. The van der Waals surface area contributed by atoms with Gasteiger partial charge in [0.05, 0.1) is 5.02 Å². The normalized spacial score (nSPS) is 17.4. The Labute approximate surface area is 159 Å². The molecular formula is C19H25ClN6. The van der Waals surface area contributed by atoms with Crippen LogP contribution in [-0.4, -0.2) is 48.7 Å². The molecule has 26 heavy (non-hydrogen) atoms. The van der Waals surface area contributed by atoms with Gasteiger partial charge in [0.2, 0.25) is 0 Å². The van der Waals surface area contributed by atoms with E-state index in [1.807, 2.05) is 24.5 Å². The molecule has 3 rings (SSSR count). The van der Waals surface area contributed by atoms with E-state index in [1.54, 1.807) is 13.2 Å². The van der Waals surface area contributed by atoms with Gasteiger partial charge in [0.15, 0.2) is 5.96 Å².